The molecular weight excluding hydrogens is 471 g/mol. The van der Waals surface area contributed by atoms with Crippen LogP contribution in [0.15, 0.2) is 48.5 Å². The van der Waals surface area contributed by atoms with Crippen LogP contribution in [-0.4, -0.2) is 68.9 Å². The van der Waals surface area contributed by atoms with Crippen LogP contribution in [0, 0.1) is 5.92 Å². The molecule has 0 saturated carbocycles. The van der Waals surface area contributed by atoms with Gasteiger partial charge in [0.2, 0.25) is 5.91 Å². The van der Waals surface area contributed by atoms with Crippen LogP contribution in [0.5, 0.6) is 5.75 Å². The number of para-hydroxylation sites is 1. The van der Waals surface area contributed by atoms with Crippen molar-refractivity contribution in [3.63, 3.8) is 0 Å². The summed E-state index contributed by atoms with van der Waals surface area (Å²) in [6.07, 6.45) is -2.23. The van der Waals surface area contributed by atoms with E-state index < -0.39 is 17.7 Å². The number of anilines is 1. The molecule has 1 N–H and O–H groups in total. The average Bonchev–Trinajstić information content (AvgIpc) is 3.40. The number of piperazine rings is 1. The maximum absolute atomic E-state index is 13.4. The Labute approximate surface area is 209 Å². The number of carbonyl (C=O) groups is 1. The van der Waals surface area contributed by atoms with Gasteiger partial charge >= 0.3 is 6.18 Å². The van der Waals surface area contributed by atoms with E-state index in [0.29, 0.717) is 45.0 Å². The number of nitrogens with zero attached hydrogens (tertiary/aromatic N) is 2. The van der Waals surface area contributed by atoms with Crippen molar-refractivity contribution >= 4 is 11.6 Å². The summed E-state index contributed by atoms with van der Waals surface area (Å²) in [6.45, 7) is 4.42. The second kappa shape index (κ2) is 10.7. The van der Waals surface area contributed by atoms with E-state index >= 15 is 0 Å². The van der Waals surface area contributed by atoms with Crippen LogP contribution < -0.4 is 15.0 Å². The van der Waals surface area contributed by atoms with E-state index in [1.807, 2.05) is 30.3 Å². The fraction of sp³-hybridized carbons (Fsp3) is 0.519. The first kappa shape index (κ1) is 24.9. The van der Waals surface area contributed by atoms with E-state index in [0.717, 1.165) is 36.9 Å². The third-order valence-corrected chi connectivity index (χ3v) is 7.41. The lowest BCUT2D eigenvalue weighted by Crippen LogP contribution is -2.61. The molecule has 0 bridgehead atoms. The molecule has 3 aliphatic heterocycles. The molecule has 2 aromatic carbocycles. The van der Waals surface area contributed by atoms with Crippen molar-refractivity contribution in [2.24, 2.45) is 5.92 Å². The molecule has 3 heterocycles. The van der Waals surface area contributed by atoms with Gasteiger partial charge in [0.05, 0.1) is 23.6 Å². The largest absolute Gasteiger partial charge is 0.492 e. The molecule has 2 saturated heterocycles. The standard InChI is InChI=1S/C27H32F3N3O3/c28-27(29,30)20-8-9-24-19(15-20)16-23(26(34)31-17-22-7-4-13-35-22)25-18-32(10-11-33(24)25)12-14-36-21-5-2-1-3-6-21/h1-3,5-6,8-9,15,22-23,25H,4,7,10-14,16-18H2,(H,31,34)/t22-,23+,25-/m0/s1. The highest BCUT2D eigenvalue weighted by Crippen LogP contribution is 2.39. The Morgan fingerprint density at radius 3 is 2.72 bits per heavy atom. The molecule has 0 radical (unpaired) electrons. The predicted molar refractivity (Wildman–Crippen MR) is 130 cm³/mol. The number of carbonyl (C=O) groups excluding carboxylic acids is 1. The molecule has 5 rings (SSSR count). The van der Waals surface area contributed by atoms with Gasteiger partial charge in [-0.1, -0.05) is 18.2 Å². The van der Waals surface area contributed by atoms with Gasteiger partial charge in [0, 0.05) is 45.0 Å². The van der Waals surface area contributed by atoms with Crippen molar-refractivity contribution in [2.45, 2.75) is 37.6 Å². The number of benzene rings is 2. The van der Waals surface area contributed by atoms with E-state index in [1.165, 1.54) is 6.07 Å². The number of halogens is 3. The second-order valence-electron chi connectivity index (χ2n) is 9.75. The molecule has 194 valence electrons. The zero-order valence-electron chi connectivity index (χ0n) is 20.2. The van der Waals surface area contributed by atoms with Crippen LogP contribution >= 0.6 is 0 Å². The predicted octanol–water partition coefficient (Wildman–Crippen LogP) is 3.74. The van der Waals surface area contributed by atoms with Crippen molar-refractivity contribution in [1.29, 1.82) is 0 Å². The summed E-state index contributed by atoms with van der Waals surface area (Å²) < 4.78 is 51.7. The van der Waals surface area contributed by atoms with Crippen LogP contribution in [0.2, 0.25) is 0 Å². The Bertz CT molecular complexity index is 1040. The highest BCUT2D eigenvalue weighted by molar-refractivity contribution is 5.82. The van der Waals surface area contributed by atoms with Gasteiger partial charge in [0.25, 0.3) is 0 Å². The topological polar surface area (TPSA) is 54.0 Å². The Morgan fingerprint density at radius 2 is 1.97 bits per heavy atom. The minimum Gasteiger partial charge on any atom is -0.492 e. The summed E-state index contributed by atoms with van der Waals surface area (Å²) in [7, 11) is 0. The third kappa shape index (κ3) is 5.62. The lowest BCUT2D eigenvalue weighted by atomic mass is 9.82. The van der Waals surface area contributed by atoms with Gasteiger partial charge in [0.15, 0.2) is 0 Å². The Kier molecular flexibility index (Phi) is 7.39. The van der Waals surface area contributed by atoms with Crippen molar-refractivity contribution in [3.8, 4) is 5.75 Å². The first-order valence-electron chi connectivity index (χ1n) is 12.6. The van der Waals surface area contributed by atoms with Crippen molar-refractivity contribution in [3.05, 3.63) is 59.7 Å². The summed E-state index contributed by atoms with van der Waals surface area (Å²) in [5.74, 6) is 0.251. The van der Waals surface area contributed by atoms with Gasteiger partial charge in [0.1, 0.15) is 12.4 Å². The normalized spacial score (nSPS) is 24.2. The van der Waals surface area contributed by atoms with Crippen LogP contribution in [0.25, 0.3) is 0 Å². The molecule has 0 aromatic heterocycles. The molecule has 9 heteroatoms. The summed E-state index contributed by atoms with van der Waals surface area (Å²) in [5, 5.41) is 3.03. The lowest BCUT2D eigenvalue weighted by Gasteiger charge is -2.49. The molecule has 0 spiro atoms. The molecule has 6 nitrogen and oxygen atoms in total. The summed E-state index contributed by atoms with van der Waals surface area (Å²) in [4.78, 5) is 17.8. The number of ether oxygens (including phenoxy) is 2. The number of alkyl halides is 3. The quantitative estimate of drug-likeness (QED) is 0.624. The first-order valence-corrected chi connectivity index (χ1v) is 12.6. The third-order valence-electron chi connectivity index (χ3n) is 7.41. The minimum absolute atomic E-state index is 0.00996. The SMILES string of the molecule is O=C(NC[C@@H]1CCCO1)[C@@H]1Cc2cc(C(F)(F)F)ccc2N2CCN(CCOc3ccccc3)C[C@@H]12. The fourth-order valence-corrected chi connectivity index (χ4v) is 5.52. The maximum atomic E-state index is 13.4. The molecule has 2 fully saturated rings. The molecule has 36 heavy (non-hydrogen) atoms. The van der Waals surface area contributed by atoms with Gasteiger partial charge in [-0.25, -0.2) is 0 Å². The number of hydrogen-bond donors (Lipinski definition) is 1. The van der Waals surface area contributed by atoms with Crippen LogP contribution in [0.3, 0.4) is 0 Å². The average molecular weight is 504 g/mol. The van der Waals surface area contributed by atoms with Crippen LogP contribution in [0.4, 0.5) is 18.9 Å². The first-order chi connectivity index (χ1) is 17.4. The van der Waals surface area contributed by atoms with Gasteiger partial charge in [-0.05, 0) is 55.2 Å². The summed E-state index contributed by atoms with van der Waals surface area (Å²) >= 11 is 0. The Balaban J connectivity index is 1.31. The van der Waals surface area contributed by atoms with Gasteiger partial charge in [-0.15, -0.1) is 0 Å². The Morgan fingerprint density at radius 1 is 1.14 bits per heavy atom. The molecule has 3 aliphatic rings. The van der Waals surface area contributed by atoms with Gasteiger partial charge in [-0.3, -0.25) is 9.69 Å². The molecule has 1 amide bonds. The Hall–Kier alpha value is -2.78. The van der Waals surface area contributed by atoms with E-state index in [1.54, 1.807) is 6.07 Å². The molecule has 3 atom stereocenters. The maximum Gasteiger partial charge on any atom is 0.416 e. The number of fused-ring (bicyclic) bond motifs is 3. The van der Waals surface area contributed by atoms with Gasteiger partial charge in [-0.2, -0.15) is 13.2 Å². The second-order valence-corrected chi connectivity index (χ2v) is 9.75. The molecular formula is C27H32F3N3O3. The number of nitrogens with one attached hydrogen (secondary N) is 1. The fourth-order valence-electron chi connectivity index (χ4n) is 5.52. The summed E-state index contributed by atoms with van der Waals surface area (Å²) in [5.41, 5.74) is 0.713. The zero-order chi connectivity index (χ0) is 25.1. The number of rotatable bonds is 7. The van der Waals surface area contributed by atoms with Crippen LogP contribution in [-0.2, 0) is 22.1 Å². The van der Waals surface area contributed by atoms with E-state index in [4.69, 9.17) is 9.47 Å². The molecule has 0 unspecified atom stereocenters. The minimum atomic E-state index is -4.42. The van der Waals surface area contributed by atoms with Crippen molar-refractivity contribution in [1.82, 2.24) is 10.2 Å². The monoisotopic (exact) mass is 503 g/mol. The highest BCUT2D eigenvalue weighted by atomic mass is 19.4. The van der Waals surface area contributed by atoms with Gasteiger partial charge < -0.3 is 19.7 Å². The summed E-state index contributed by atoms with van der Waals surface area (Å²) in [6, 6.07) is 13.4. The molecule has 0 aliphatic carbocycles. The van der Waals surface area contributed by atoms with E-state index in [9.17, 15) is 18.0 Å². The van der Waals surface area contributed by atoms with Crippen LogP contribution in [0.1, 0.15) is 24.0 Å². The van der Waals surface area contributed by atoms with Crippen molar-refractivity contribution < 1.29 is 27.4 Å². The number of hydrogen-bond acceptors (Lipinski definition) is 5. The molecule has 2 aromatic rings. The zero-order valence-corrected chi connectivity index (χ0v) is 20.2. The highest BCUT2D eigenvalue weighted by Gasteiger charge is 2.42. The number of amides is 1. The van der Waals surface area contributed by atoms with E-state index in [-0.39, 0.29) is 24.5 Å². The van der Waals surface area contributed by atoms with E-state index in [2.05, 4.69) is 15.1 Å². The van der Waals surface area contributed by atoms with Crippen molar-refractivity contribution in [2.75, 3.05) is 50.8 Å². The smallest absolute Gasteiger partial charge is 0.416 e. The lowest BCUT2D eigenvalue weighted by molar-refractivity contribution is -0.137.